The van der Waals surface area contributed by atoms with Crippen LogP contribution in [0.15, 0.2) is 58.4 Å². The second-order valence-electron chi connectivity index (χ2n) is 8.46. The van der Waals surface area contributed by atoms with Crippen LogP contribution in [0.3, 0.4) is 0 Å². The summed E-state index contributed by atoms with van der Waals surface area (Å²) in [5, 5.41) is -0.513. The number of amides is 2. The Balaban J connectivity index is 1.82. The monoisotopic (exact) mass is 573 g/mol. The Bertz CT molecular complexity index is 1180. The maximum absolute atomic E-state index is 12.8. The van der Waals surface area contributed by atoms with Crippen LogP contribution in [0.25, 0.3) is 6.08 Å². The van der Waals surface area contributed by atoms with Crippen LogP contribution in [-0.4, -0.2) is 42.3 Å². The highest BCUT2D eigenvalue weighted by atomic mass is 79.9. The van der Waals surface area contributed by atoms with E-state index in [1.807, 2.05) is 44.2 Å². The summed E-state index contributed by atoms with van der Waals surface area (Å²) in [5.74, 6) is 0.0822. The number of esters is 1. The molecular formula is C27H28BrNO6S. The van der Waals surface area contributed by atoms with Crippen LogP contribution in [0.5, 0.6) is 11.5 Å². The molecule has 7 nitrogen and oxygen atoms in total. The topological polar surface area (TPSA) is 82.1 Å². The zero-order valence-corrected chi connectivity index (χ0v) is 22.8. The first-order chi connectivity index (χ1) is 17.2. The Morgan fingerprint density at radius 3 is 2.56 bits per heavy atom. The van der Waals surface area contributed by atoms with Crippen molar-refractivity contribution in [2.75, 3.05) is 20.3 Å². The van der Waals surface area contributed by atoms with E-state index in [0.29, 0.717) is 30.1 Å². The number of methoxy groups -OCH3 is 1. The molecule has 1 fully saturated rings. The Hall–Kier alpha value is -3.04. The third-order valence-electron chi connectivity index (χ3n) is 5.07. The minimum Gasteiger partial charge on any atom is -0.493 e. The molecule has 2 amide bonds. The van der Waals surface area contributed by atoms with E-state index in [-0.39, 0.29) is 17.4 Å². The highest BCUT2D eigenvalue weighted by Gasteiger charge is 2.36. The lowest BCUT2D eigenvalue weighted by atomic mass is 10.0. The standard InChI is InChI=1S/C27H28BrNO6S/c1-5-6-20-11-19(12-22(33-4)25(20)35-16-18-7-9-21(28)10-8-18)13-23-26(31)29(27(32)36-23)14-24(30)34-15-17(2)3/h5,7-13,17H,1,6,14-16H2,2-4H3/b23-13-. The second kappa shape index (κ2) is 12.8. The largest absolute Gasteiger partial charge is 0.493 e. The molecule has 0 N–H and O–H groups in total. The zero-order valence-electron chi connectivity index (χ0n) is 20.4. The molecule has 0 unspecified atom stereocenters. The molecule has 0 atom stereocenters. The number of carbonyl (C=O) groups excluding carboxylic acids is 3. The Morgan fingerprint density at radius 2 is 1.92 bits per heavy atom. The maximum Gasteiger partial charge on any atom is 0.326 e. The van der Waals surface area contributed by atoms with Crippen molar-refractivity contribution in [3.8, 4) is 11.5 Å². The fourth-order valence-corrected chi connectivity index (χ4v) is 4.45. The minimum atomic E-state index is -0.616. The average Bonchev–Trinajstić information content (AvgIpc) is 3.10. The summed E-state index contributed by atoms with van der Waals surface area (Å²) in [6.45, 7) is 7.80. The Kier molecular flexibility index (Phi) is 9.78. The van der Waals surface area contributed by atoms with E-state index in [4.69, 9.17) is 14.2 Å². The van der Waals surface area contributed by atoms with Gasteiger partial charge in [0, 0.05) is 10.0 Å². The number of rotatable bonds is 11. The molecule has 0 spiro atoms. The molecule has 0 bridgehead atoms. The number of ether oxygens (including phenoxy) is 3. The van der Waals surface area contributed by atoms with Crippen LogP contribution in [-0.2, 0) is 27.4 Å². The molecule has 2 aromatic carbocycles. The summed E-state index contributed by atoms with van der Waals surface area (Å²) in [4.78, 5) is 38.4. The summed E-state index contributed by atoms with van der Waals surface area (Å²) < 4.78 is 17.8. The van der Waals surface area contributed by atoms with Gasteiger partial charge in [-0.15, -0.1) is 6.58 Å². The molecule has 0 aromatic heterocycles. The molecule has 0 aliphatic carbocycles. The van der Waals surface area contributed by atoms with E-state index >= 15 is 0 Å². The van der Waals surface area contributed by atoms with Crippen molar-refractivity contribution >= 4 is 50.9 Å². The van der Waals surface area contributed by atoms with E-state index in [2.05, 4.69) is 22.5 Å². The molecule has 36 heavy (non-hydrogen) atoms. The van der Waals surface area contributed by atoms with Gasteiger partial charge in [0.1, 0.15) is 13.2 Å². The predicted molar refractivity (Wildman–Crippen MR) is 144 cm³/mol. The second-order valence-corrected chi connectivity index (χ2v) is 10.4. The first-order valence-electron chi connectivity index (χ1n) is 11.3. The van der Waals surface area contributed by atoms with Gasteiger partial charge in [0.2, 0.25) is 0 Å². The lowest BCUT2D eigenvalue weighted by Crippen LogP contribution is -2.34. The molecule has 2 aromatic rings. The number of nitrogens with zero attached hydrogens (tertiary/aromatic N) is 1. The molecule has 3 rings (SSSR count). The van der Waals surface area contributed by atoms with E-state index in [1.54, 1.807) is 25.3 Å². The van der Waals surface area contributed by atoms with Gasteiger partial charge in [-0.1, -0.05) is 48.0 Å². The third kappa shape index (κ3) is 7.24. The Labute approximate surface area is 223 Å². The van der Waals surface area contributed by atoms with Crippen molar-refractivity contribution in [1.82, 2.24) is 4.90 Å². The quantitative estimate of drug-likeness (QED) is 0.185. The molecular weight excluding hydrogens is 546 g/mol. The average molecular weight is 574 g/mol. The van der Waals surface area contributed by atoms with Crippen molar-refractivity contribution in [2.24, 2.45) is 5.92 Å². The number of thioether (sulfide) groups is 1. The van der Waals surface area contributed by atoms with Gasteiger partial charge < -0.3 is 14.2 Å². The van der Waals surface area contributed by atoms with Crippen LogP contribution >= 0.6 is 27.7 Å². The van der Waals surface area contributed by atoms with Gasteiger partial charge in [-0.05, 0) is 65.6 Å². The van der Waals surface area contributed by atoms with Gasteiger partial charge >= 0.3 is 5.97 Å². The summed E-state index contributed by atoms with van der Waals surface area (Å²) in [5.41, 5.74) is 2.48. The van der Waals surface area contributed by atoms with E-state index < -0.39 is 23.7 Å². The zero-order chi connectivity index (χ0) is 26.2. The molecule has 9 heteroatoms. The fourth-order valence-electron chi connectivity index (χ4n) is 3.35. The molecule has 1 aliphatic rings. The molecule has 1 saturated heterocycles. The van der Waals surface area contributed by atoms with Gasteiger partial charge in [0.15, 0.2) is 11.5 Å². The number of carbonyl (C=O) groups is 3. The first kappa shape index (κ1) is 27.5. The van der Waals surface area contributed by atoms with Crippen molar-refractivity contribution < 1.29 is 28.6 Å². The van der Waals surface area contributed by atoms with Crippen LogP contribution < -0.4 is 9.47 Å². The number of halogens is 1. The van der Waals surface area contributed by atoms with Gasteiger partial charge in [-0.3, -0.25) is 19.3 Å². The SMILES string of the molecule is C=CCc1cc(/C=C2\SC(=O)N(CC(=O)OCC(C)C)C2=O)cc(OC)c1OCc1ccc(Br)cc1. The van der Waals surface area contributed by atoms with E-state index in [9.17, 15) is 14.4 Å². The first-order valence-corrected chi connectivity index (χ1v) is 12.9. The lowest BCUT2D eigenvalue weighted by molar-refractivity contribution is -0.147. The van der Waals surface area contributed by atoms with Gasteiger partial charge in [-0.2, -0.15) is 0 Å². The normalized spacial score (nSPS) is 14.5. The molecule has 0 saturated carbocycles. The molecule has 1 heterocycles. The molecule has 1 aliphatic heterocycles. The molecule has 190 valence electrons. The van der Waals surface area contributed by atoms with Crippen LogP contribution in [0.2, 0.25) is 0 Å². The van der Waals surface area contributed by atoms with Gasteiger partial charge in [-0.25, -0.2) is 0 Å². The smallest absolute Gasteiger partial charge is 0.326 e. The van der Waals surface area contributed by atoms with Crippen LogP contribution in [0.1, 0.15) is 30.5 Å². The Morgan fingerprint density at radius 1 is 1.19 bits per heavy atom. The maximum atomic E-state index is 12.8. The minimum absolute atomic E-state index is 0.158. The summed E-state index contributed by atoms with van der Waals surface area (Å²) in [6, 6.07) is 11.4. The predicted octanol–water partition coefficient (Wildman–Crippen LogP) is 6.00. The van der Waals surface area contributed by atoms with Crippen molar-refractivity contribution in [2.45, 2.75) is 26.9 Å². The number of hydrogen-bond acceptors (Lipinski definition) is 7. The van der Waals surface area contributed by atoms with E-state index in [0.717, 1.165) is 32.3 Å². The number of benzene rings is 2. The summed E-state index contributed by atoms with van der Waals surface area (Å²) >= 11 is 4.21. The van der Waals surface area contributed by atoms with Crippen LogP contribution in [0, 0.1) is 5.92 Å². The highest BCUT2D eigenvalue weighted by Crippen LogP contribution is 2.37. The van der Waals surface area contributed by atoms with Gasteiger partial charge in [0.05, 0.1) is 18.6 Å². The van der Waals surface area contributed by atoms with Crippen molar-refractivity contribution in [3.63, 3.8) is 0 Å². The highest BCUT2D eigenvalue weighted by molar-refractivity contribution is 9.10. The molecule has 0 radical (unpaired) electrons. The number of hydrogen-bond donors (Lipinski definition) is 0. The number of imide groups is 1. The number of allylic oxidation sites excluding steroid dienone is 1. The third-order valence-corrected chi connectivity index (χ3v) is 6.51. The van der Waals surface area contributed by atoms with Crippen molar-refractivity contribution in [1.29, 1.82) is 0 Å². The van der Waals surface area contributed by atoms with Gasteiger partial charge in [0.25, 0.3) is 11.1 Å². The van der Waals surface area contributed by atoms with E-state index in [1.165, 1.54) is 0 Å². The summed E-state index contributed by atoms with van der Waals surface area (Å²) in [6.07, 6.45) is 3.87. The van der Waals surface area contributed by atoms with Crippen molar-refractivity contribution in [3.05, 3.63) is 75.1 Å². The fraction of sp³-hybridized carbons (Fsp3) is 0.296. The summed E-state index contributed by atoms with van der Waals surface area (Å²) in [7, 11) is 1.54. The lowest BCUT2D eigenvalue weighted by Gasteiger charge is -2.16. The van der Waals surface area contributed by atoms with Crippen LogP contribution in [0.4, 0.5) is 4.79 Å².